The van der Waals surface area contributed by atoms with Crippen molar-refractivity contribution in [3.05, 3.63) is 0 Å². The molecule has 2 fully saturated rings. The van der Waals surface area contributed by atoms with E-state index in [0.717, 1.165) is 25.9 Å². The molecule has 0 aromatic heterocycles. The molecule has 1 heterocycles. The van der Waals surface area contributed by atoms with E-state index in [-0.39, 0.29) is 17.9 Å². The van der Waals surface area contributed by atoms with Gasteiger partial charge in [0.05, 0.1) is 0 Å². The minimum atomic E-state index is -0.761. The van der Waals surface area contributed by atoms with Gasteiger partial charge >= 0.3 is 5.97 Å². The number of carbonyl (C=O) groups is 1. The Labute approximate surface area is 89.9 Å². The number of likely N-dealkylation sites (tertiary alicyclic amines) is 1. The number of aliphatic hydroxyl groups excluding tert-OH is 1. The molecule has 2 atom stereocenters. The molecule has 2 aliphatic rings. The van der Waals surface area contributed by atoms with Crippen molar-refractivity contribution in [2.75, 3.05) is 19.7 Å². The summed E-state index contributed by atoms with van der Waals surface area (Å²) >= 11 is 0. The second-order valence-electron chi connectivity index (χ2n) is 5.04. The average Bonchev–Trinajstić information content (AvgIpc) is 2.55. The van der Waals surface area contributed by atoms with Crippen LogP contribution in [0, 0.1) is 11.3 Å². The molecule has 0 unspecified atom stereocenters. The van der Waals surface area contributed by atoms with Gasteiger partial charge in [-0.25, -0.2) is 0 Å². The molecule has 1 saturated carbocycles. The lowest BCUT2D eigenvalue weighted by Gasteiger charge is -2.42. The maximum atomic E-state index is 10.9. The van der Waals surface area contributed by atoms with Crippen molar-refractivity contribution in [1.29, 1.82) is 0 Å². The molecule has 1 aliphatic carbocycles. The molecule has 0 bridgehead atoms. The third kappa shape index (κ3) is 1.66. The Kier molecular flexibility index (Phi) is 2.73. The smallest absolute Gasteiger partial charge is 0.320 e. The van der Waals surface area contributed by atoms with Crippen molar-refractivity contribution in [3.63, 3.8) is 0 Å². The highest BCUT2D eigenvalue weighted by Crippen LogP contribution is 2.51. The number of carboxylic acid groups (broad SMARTS) is 1. The highest BCUT2D eigenvalue weighted by molar-refractivity contribution is 5.72. The Hall–Kier alpha value is -0.610. The van der Waals surface area contributed by atoms with E-state index in [1.165, 1.54) is 6.42 Å². The van der Waals surface area contributed by atoms with E-state index < -0.39 is 12.0 Å². The lowest BCUT2D eigenvalue weighted by atomic mass is 9.63. The number of nitrogens with zero attached hydrogens (tertiary/aromatic N) is 1. The van der Waals surface area contributed by atoms with Gasteiger partial charge in [-0.1, -0.05) is 6.42 Å². The molecular weight excluding hydrogens is 194 g/mol. The van der Waals surface area contributed by atoms with Gasteiger partial charge in [0.1, 0.15) is 6.04 Å². The van der Waals surface area contributed by atoms with Crippen molar-refractivity contribution in [3.8, 4) is 0 Å². The first kappa shape index (κ1) is 10.9. The van der Waals surface area contributed by atoms with Crippen LogP contribution in [0.3, 0.4) is 0 Å². The molecule has 0 amide bonds. The molecule has 2 rings (SSSR count). The third-order valence-corrected chi connectivity index (χ3v) is 4.31. The molecule has 1 aliphatic heterocycles. The fourth-order valence-corrected chi connectivity index (χ4v) is 2.97. The van der Waals surface area contributed by atoms with Gasteiger partial charge in [0.2, 0.25) is 0 Å². The predicted molar refractivity (Wildman–Crippen MR) is 55.5 cm³/mol. The maximum Gasteiger partial charge on any atom is 0.320 e. The van der Waals surface area contributed by atoms with E-state index in [1.807, 2.05) is 4.90 Å². The fourth-order valence-electron chi connectivity index (χ4n) is 2.97. The summed E-state index contributed by atoms with van der Waals surface area (Å²) in [6.07, 6.45) is 3.54. The van der Waals surface area contributed by atoms with E-state index in [9.17, 15) is 9.90 Å². The first-order valence-electron chi connectivity index (χ1n) is 5.67. The molecule has 4 heteroatoms. The summed E-state index contributed by atoms with van der Waals surface area (Å²) in [5, 5.41) is 18.3. The number of rotatable bonds is 3. The van der Waals surface area contributed by atoms with Crippen molar-refractivity contribution in [2.24, 2.45) is 11.3 Å². The monoisotopic (exact) mass is 213 g/mol. The van der Waals surface area contributed by atoms with Gasteiger partial charge in [0, 0.05) is 25.6 Å². The van der Waals surface area contributed by atoms with Crippen molar-refractivity contribution < 1.29 is 15.0 Å². The van der Waals surface area contributed by atoms with E-state index in [0.29, 0.717) is 0 Å². The molecular formula is C11H19NO3. The number of hydrogen-bond acceptors (Lipinski definition) is 3. The minimum Gasteiger partial charge on any atom is -0.480 e. The zero-order valence-electron chi connectivity index (χ0n) is 9.15. The summed E-state index contributed by atoms with van der Waals surface area (Å²) in [5.74, 6) is -0.476. The van der Waals surface area contributed by atoms with E-state index in [4.69, 9.17) is 5.11 Å². The highest BCUT2D eigenvalue weighted by Gasteiger charge is 2.51. The first-order valence-corrected chi connectivity index (χ1v) is 5.67. The predicted octanol–water partition coefficient (Wildman–Crippen LogP) is 0.554. The second-order valence-corrected chi connectivity index (χ2v) is 5.04. The third-order valence-electron chi connectivity index (χ3n) is 4.31. The van der Waals surface area contributed by atoms with Crippen LogP contribution in [0.15, 0.2) is 0 Å². The van der Waals surface area contributed by atoms with Crippen LogP contribution in [-0.4, -0.2) is 46.8 Å². The van der Waals surface area contributed by atoms with Gasteiger partial charge < -0.3 is 10.2 Å². The van der Waals surface area contributed by atoms with Crippen molar-refractivity contribution in [2.45, 2.75) is 32.2 Å². The molecule has 1 saturated heterocycles. The molecule has 2 N–H and O–H groups in total. The first-order chi connectivity index (χ1) is 7.09. The standard InChI is InChI=1S/C11H19NO3/c1-8(10(14)15)12-5-9(6-13)11(7-12)3-2-4-11/h8-9,13H,2-7H2,1H3,(H,14,15)/t8-,9-/m1/s1. The topological polar surface area (TPSA) is 60.8 Å². The normalized spacial score (nSPS) is 31.5. The molecule has 1 spiro atoms. The Morgan fingerprint density at radius 3 is 2.60 bits per heavy atom. The van der Waals surface area contributed by atoms with Gasteiger partial charge in [-0.3, -0.25) is 9.69 Å². The van der Waals surface area contributed by atoms with Crippen molar-refractivity contribution >= 4 is 5.97 Å². The maximum absolute atomic E-state index is 10.9. The van der Waals surface area contributed by atoms with E-state index in [2.05, 4.69) is 0 Å². The van der Waals surface area contributed by atoms with Gasteiger partial charge in [-0.2, -0.15) is 0 Å². The Morgan fingerprint density at radius 2 is 2.27 bits per heavy atom. The Morgan fingerprint density at radius 1 is 1.60 bits per heavy atom. The lowest BCUT2D eigenvalue weighted by molar-refractivity contribution is -0.142. The fraction of sp³-hybridized carbons (Fsp3) is 0.909. The zero-order chi connectivity index (χ0) is 11.1. The molecule has 0 aromatic rings. The summed E-state index contributed by atoms with van der Waals surface area (Å²) < 4.78 is 0. The lowest BCUT2D eigenvalue weighted by Crippen LogP contribution is -2.41. The van der Waals surface area contributed by atoms with Crippen molar-refractivity contribution in [1.82, 2.24) is 4.90 Å². The van der Waals surface area contributed by atoms with Crippen LogP contribution in [0.1, 0.15) is 26.2 Å². The SMILES string of the molecule is C[C@H](C(=O)O)N1C[C@H](CO)C2(CCC2)C1. The Bertz CT molecular complexity index is 263. The molecule has 0 radical (unpaired) electrons. The van der Waals surface area contributed by atoms with Crippen LogP contribution in [0.4, 0.5) is 0 Å². The minimum absolute atomic E-state index is 0.197. The van der Waals surface area contributed by atoms with Gasteiger partial charge in [0.25, 0.3) is 0 Å². The number of aliphatic hydroxyl groups is 1. The summed E-state index contributed by atoms with van der Waals surface area (Å²) in [5.41, 5.74) is 0.235. The molecule has 15 heavy (non-hydrogen) atoms. The van der Waals surface area contributed by atoms with Crippen LogP contribution in [0.5, 0.6) is 0 Å². The van der Waals surface area contributed by atoms with Gasteiger partial charge in [-0.05, 0) is 25.2 Å². The quantitative estimate of drug-likeness (QED) is 0.719. The number of aliphatic carboxylic acids is 1. The van der Waals surface area contributed by atoms with E-state index in [1.54, 1.807) is 6.92 Å². The van der Waals surface area contributed by atoms with Crippen LogP contribution < -0.4 is 0 Å². The molecule has 4 nitrogen and oxygen atoms in total. The summed E-state index contributed by atoms with van der Waals surface area (Å²) in [7, 11) is 0. The summed E-state index contributed by atoms with van der Waals surface area (Å²) in [6, 6.07) is -0.418. The van der Waals surface area contributed by atoms with Crippen LogP contribution >= 0.6 is 0 Å². The van der Waals surface area contributed by atoms with E-state index >= 15 is 0 Å². The van der Waals surface area contributed by atoms with Crippen LogP contribution in [0.2, 0.25) is 0 Å². The largest absolute Gasteiger partial charge is 0.480 e. The molecule has 0 aromatic carbocycles. The molecule has 86 valence electrons. The van der Waals surface area contributed by atoms with Crippen LogP contribution in [-0.2, 0) is 4.79 Å². The number of hydrogen-bond donors (Lipinski definition) is 2. The number of carboxylic acids is 1. The van der Waals surface area contributed by atoms with Gasteiger partial charge in [-0.15, -0.1) is 0 Å². The van der Waals surface area contributed by atoms with Crippen LogP contribution in [0.25, 0.3) is 0 Å². The Balaban J connectivity index is 2.05. The summed E-state index contributed by atoms with van der Waals surface area (Å²) in [6.45, 7) is 3.52. The highest BCUT2D eigenvalue weighted by atomic mass is 16.4. The summed E-state index contributed by atoms with van der Waals surface area (Å²) in [4.78, 5) is 12.9. The average molecular weight is 213 g/mol. The zero-order valence-corrected chi connectivity index (χ0v) is 9.15. The second kappa shape index (κ2) is 3.76. The van der Waals surface area contributed by atoms with Gasteiger partial charge in [0.15, 0.2) is 0 Å².